The van der Waals surface area contributed by atoms with Gasteiger partial charge in [0.2, 0.25) is 0 Å². The van der Waals surface area contributed by atoms with E-state index in [9.17, 15) is 5.11 Å². The predicted octanol–water partition coefficient (Wildman–Crippen LogP) is 4.56. The third kappa shape index (κ3) is 3.29. The van der Waals surface area contributed by atoms with Gasteiger partial charge in [0, 0.05) is 17.1 Å². The summed E-state index contributed by atoms with van der Waals surface area (Å²) in [6.07, 6.45) is 5.11. The zero-order valence-corrected chi connectivity index (χ0v) is 18.3. The van der Waals surface area contributed by atoms with Gasteiger partial charge in [-0.3, -0.25) is 4.98 Å². The van der Waals surface area contributed by atoms with Crippen molar-refractivity contribution in [3.8, 4) is 0 Å². The van der Waals surface area contributed by atoms with Crippen LogP contribution in [-0.2, 0) is 14.9 Å². The molecule has 0 unspecified atom stereocenters. The first-order chi connectivity index (χ1) is 13.5. The van der Waals surface area contributed by atoms with E-state index >= 15 is 4.39 Å². The summed E-state index contributed by atoms with van der Waals surface area (Å²) in [5, 5.41) is 12.0. The van der Waals surface area contributed by atoms with Crippen molar-refractivity contribution in [2.24, 2.45) is 0 Å². The van der Waals surface area contributed by atoms with Crippen molar-refractivity contribution in [2.75, 3.05) is 0 Å². The summed E-state index contributed by atoms with van der Waals surface area (Å²) in [5.41, 5.74) is 0.913. The van der Waals surface area contributed by atoms with E-state index in [-0.39, 0.29) is 11.7 Å². The van der Waals surface area contributed by atoms with Crippen LogP contribution in [0.1, 0.15) is 84.3 Å². The SMILES string of the molecule is CC(C)c1c(C2(O)CCCC2)cnc2c(F)cc(B3OC(C)(C)C(C)(C)O3)cc12. The number of fused-ring (bicyclic) bond motifs is 1. The number of rotatable bonds is 3. The summed E-state index contributed by atoms with van der Waals surface area (Å²) in [5.74, 6) is -0.271. The first kappa shape index (κ1) is 20.8. The van der Waals surface area contributed by atoms with Crippen LogP contribution in [0.2, 0.25) is 0 Å². The Morgan fingerprint density at radius 3 is 2.21 bits per heavy atom. The predicted molar refractivity (Wildman–Crippen MR) is 114 cm³/mol. The minimum absolute atomic E-state index is 0.119. The fourth-order valence-electron chi connectivity index (χ4n) is 4.64. The van der Waals surface area contributed by atoms with Gasteiger partial charge in [-0.05, 0) is 63.5 Å². The summed E-state index contributed by atoms with van der Waals surface area (Å²) < 4.78 is 27.4. The van der Waals surface area contributed by atoms with Crippen LogP contribution in [0.3, 0.4) is 0 Å². The van der Waals surface area contributed by atoms with E-state index in [2.05, 4.69) is 18.8 Å². The maximum absolute atomic E-state index is 15.1. The van der Waals surface area contributed by atoms with Gasteiger partial charge in [-0.2, -0.15) is 0 Å². The first-order valence-corrected chi connectivity index (χ1v) is 10.7. The van der Waals surface area contributed by atoms with Crippen molar-refractivity contribution in [1.29, 1.82) is 0 Å². The molecule has 156 valence electrons. The zero-order valence-electron chi connectivity index (χ0n) is 18.3. The second-order valence-corrected chi connectivity index (χ2v) is 9.97. The zero-order chi connectivity index (χ0) is 21.2. The van der Waals surface area contributed by atoms with E-state index in [0.29, 0.717) is 11.0 Å². The number of benzene rings is 1. The van der Waals surface area contributed by atoms with Crippen LogP contribution in [0.4, 0.5) is 4.39 Å². The lowest BCUT2D eigenvalue weighted by Crippen LogP contribution is -2.41. The van der Waals surface area contributed by atoms with Crippen LogP contribution >= 0.6 is 0 Å². The van der Waals surface area contributed by atoms with Crippen molar-refractivity contribution < 1.29 is 18.8 Å². The molecule has 0 atom stereocenters. The lowest BCUT2D eigenvalue weighted by molar-refractivity contribution is 0.00578. The normalized spacial score (nSPS) is 22.7. The lowest BCUT2D eigenvalue weighted by Gasteiger charge is -2.32. The van der Waals surface area contributed by atoms with Gasteiger partial charge in [-0.15, -0.1) is 0 Å². The molecule has 4 rings (SSSR count). The van der Waals surface area contributed by atoms with Gasteiger partial charge in [0.25, 0.3) is 0 Å². The van der Waals surface area contributed by atoms with Crippen LogP contribution in [-0.4, -0.2) is 28.4 Å². The van der Waals surface area contributed by atoms with Gasteiger partial charge in [0.15, 0.2) is 0 Å². The van der Waals surface area contributed by atoms with E-state index in [1.54, 1.807) is 6.20 Å². The molecule has 0 radical (unpaired) electrons. The van der Waals surface area contributed by atoms with E-state index in [4.69, 9.17) is 9.31 Å². The molecule has 0 spiro atoms. The van der Waals surface area contributed by atoms with E-state index in [1.807, 2.05) is 33.8 Å². The summed E-state index contributed by atoms with van der Waals surface area (Å²) in [6, 6.07) is 3.40. The first-order valence-electron chi connectivity index (χ1n) is 10.7. The molecule has 1 saturated carbocycles. The highest BCUT2D eigenvalue weighted by Gasteiger charge is 2.52. The number of nitrogens with zero attached hydrogens (tertiary/aromatic N) is 1. The molecule has 2 heterocycles. The summed E-state index contributed by atoms with van der Waals surface area (Å²) >= 11 is 0. The monoisotopic (exact) mass is 399 g/mol. The molecule has 2 aliphatic rings. The van der Waals surface area contributed by atoms with E-state index < -0.39 is 23.9 Å². The Labute approximate surface area is 173 Å². The summed E-state index contributed by atoms with van der Waals surface area (Å²) in [7, 11) is -0.642. The third-order valence-corrected chi connectivity index (χ3v) is 7.02. The van der Waals surface area contributed by atoms with Gasteiger partial charge in [-0.1, -0.05) is 32.8 Å². The van der Waals surface area contributed by atoms with Gasteiger partial charge < -0.3 is 14.4 Å². The molecule has 6 heteroatoms. The van der Waals surface area contributed by atoms with Crippen molar-refractivity contribution in [3.63, 3.8) is 0 Å². The van der Waals surface area contributed by atoms with Crippen LogP contribution in [0.25, 0.3) is 10.9 Å². The molecule has 1 aliphatic carbocycles. The molecule has 1 aromatic heterocycles. The van der Waals surface area contributed by atoms with Crippen LogP contribution in [0, 0.1) is 5.82 Å². The molecule has 0 amide bonds. The van der Waals surface area contributed by atoms with Crippen molar-refractivity contribution in [2.45, 2.75) is 89.9 Å². The molecule has 2 fully saturated rings. The Hall–Kier alpha value is -1.50. The fourth-order valence-corrected chi connectivity index (χ4v) is 4.64. The average molecular weight is 399 g/mol. The largest absolute Gasteiger partial charge is 0.494 e. The van der Waals surface area contributed by atoms with Gasteiger partial charge in [-0.25, -0.2) is 4.39 Å². The number of hydrogen-bond donors (Lipinski definition) is 1. The highest BCUT2D eigenvalue weighted by Crippen LogP contribution is 2.43. The van der Waals surface area contributed by atoms with Crippen molar-refractivity contribution in [3.05, 3.63) is 35.3 Å². The molecule has 1 aliphatic heterocycles. The molecule has 1 N–H and O–H groups in total. The van der Waals surface area contributed by atoms with Crippen LogP contribution in [0.5, 0.6) is 0 Å². The average Bonchev–Trinajstić information content (AvgIpc) is 3.15. The Morgan fingerprint density at radius 2 is 1.66 bits per heavy atom. The van der Waals surface area contributed by atoms with Crippen molar-refractivity contribution in [1.82, 2.24) is 4.98 Å². The molecular weight excluding hydrogens is 368 g/mol. The molecule has 1 saturated heterocycles. The molecule has 4 nitrogen and oxygen atoms in total. The topological polar surface area (TPSA) is 51.6 Å². The fraction of sp³-hybridized carbons (Fsp3) is 0.609. The highest BCUT2D eigenvalue weighted by atomic mass is 19.1. The Bertz CT molecular complexity index is 935. The summed E-state index contributed by atoms with van der Waals surface area (Å²) in [6.45, 7) is 12.1. The van der Waals surface area contributed by atoms with E-state index in [1.165, 1.54) is 6.07 Å². The number of aromatic nitrogens is 1. The maximum Gasteiger partial charge on any atom is 0.494 e. The molecule has 1 aromatic carbocycles. The molecule has 2 aromatic rings. The van der Waals surface area contributed by atoms with Crippen LogP contribution < -0.4 is 5.46 Å². The lowest BCUT2D eigenvalue weighted by atomic mass is 9.76. The standard InChI is InChI=1S/C23H31BFNO3/c1-14(2)19-16-11-15(24-28-21(3,4)22(5,6)29-24)12-18(25)20(16)26-13-17(19)23(27)9-7-8-10-23/h11-14,27H,7-10H2,1-6H3. The number of halogens is 1. The number of aliphatic hydroxyl groups is 1. The van der Waals surface area contributed by atoms with Gasteiger partial charge in [0.1, 0.15) is 11.3 Å². The third-order valence-electron chi connectivity index (χ3n) is 7.02. The van der Waals surface area contributed by atoms with Crippen LogP contribution in [0.15, 0.2) is 18.3 Å². The minimum Gasteiger partial charge on any atom is -0.399 e. The minimum atomic E-state index is -0.877. The van der Waals surface area contributed by atoms with Gasteiger partial charge in [0.05, 0.1) is 16.8 Å². The van der Waals surface area contributed by atoms with E-state index in [0.717, 1.165) is 42.2 Å². The smallest absolute Gasteiger partial charge is 0.399 e. The second-order valence-electron chi connectivity index (χ2n) is 9.97. The molecule has 0 bridgehead atoms. The maximum atomic E-state index is 15.1. The highest BCUT2D eigenvalue weighted by molar-refractivity contribution is 6.62. The second kappa shape index (κ2) is 6.76. The Kier molecular flexibility index (Phi) is 4.84. The number of hydrogen-bond acceptors (Lipinski definition) is 4. The Morgan fingerprint density at radius 1 is 1.07 bits per heavy atom. The molecular formula is C23H31BFNO3. The molecule has 29 heavy (non-hydrogen) atoms. The summed E-state index contributed by atoms with van der Waals surface area (Å²) in [4.78, 5) is 4.42. The quantitative estimate of drug-likeness (QED) is 0.769. The number of pyridine rings is 1. The van der Waals surface area contributed by atoms with Gasteiger partial charge >= 0.3 is 7.12 Å². The van der Waals surface area contributed by atoms with Crippen molar-refractivity contribution >= 4 is 23.5 Å². The Balaban J connectivity index is 1.89.